The van der Waals surface area contributed by atoms with Crippen molar-refractivity contribution in [1.29, 1.82) is 0 Å². The Balaban J connectivity index is 1.80. The van der Waals surface area contributed by atoms with E-state index < -0.39 is 5.97 Å². The SMILES string of the molecule is COC(=O)c1cc(CN2CCNCC2c2cccc(F)c2)oc1C. The lowest BCUT2D eigenvalue weighted by Crippen LogP contribution is -2.45. The lowest BCUT2D eigenvalue weighted by molar-refractivity contribution is 0.0599. The summed E-state index contributed by atoms with van der Waals surface area (Å²) in [6.45, 7) is 4.72. The Morgan fingerprint density at radius 2 is 2.29 bits per heavy atom. The van der Waals surface area contributed by atoms with Crippen molar-refractivity contribution in [3.05, 3.63) is 58.8 Å². The molecule has 0 amide bonds. The first-order valence-electron chi connectivity index (χ1n) is 7.96. The number of benzene rings is 1. The number of methoxy groups -OCH3 is 1. The minimum Gasteiger partial charge on any atom is -0.465 e. The molecule has 2 heterocycles. The highest BCUT2D eigenvalue weighted by molar-refractivity contribution is 5.90. The van der Waals surface area contributed by atoms with Gasteiger partial charge in [0.1, 0.15) is 22.9 Å². The zero-order valence-electron chi connectivity index (χ0n) is 13.8. The van der Waals surface area contributed by atoms with E-state index in [9.17, 15) is 9.18 Å². The topological polar surface area (TPSA) is 54.7 Å². The molecule has 1 aromatic heterocycles. The molecule has 24 heavy (non-hydrogen) atoms. The second-order valence-corrected chi connectivity index (χ2v) is 5.92. The molecular formula is C18H21FN2O3. The van der Waals surface area contributed by atoms with Crippen molar-refractivity contribution >= 4 is 5.97 Å². The fraction of sp³-hybridized carbons (Fsp3) is 0.389. The van der Waals surface area contributed by atoms with Crippen LogP contribution in [-0.4, -0.2) is 37.6 Å². The molecular weight excluding hydrogens is 311 g/mol. The van der Waals surface area contributed by atoms with Gasteiger partial charge in [0, 0.05) is 25.7 Å². The van der Waals surface area contributed by atoms with E-state index in [4.69, 9.17) is 9.15 Å². The van der Waals surface area contributed by atoms with Crippen LogP contribution in [0.3, 0.4) is 0 Å². The van der Waals surface area contributed by atoms with Crippen molar-refractivity contribution in [2.24, 2.45) is 0 Å². The molecule has 2 aromatic rings. The number of rotatable bonds is 4. The minimum absolute atomic E-state index is 0.0569. The van der Waals surface area contributed by atoms with Crippen molar-refractivity contribution in [2.45, 2.75) is 19.5 Å². The van der Waals surface area contributed by atoms with Gasteiger partial charge in [-0.2, -0.15) is 0 Å². The Hall–Kier alpha value is -2.18. The number of nitrogens with one attached hydrogen (secondary N) is 1. The fourth-order valence-corrected chi connectivity index (χ4v) is 3.11. The molecule has 5 nitrogen and oxygen atoms in total. The van der Waals surface area contributed by atoms with Crippen molar-refractivity contribution in [3.63, 3.8) is 0 Å². The zero-order valence-corrected chi connectivity index (χ0v) is 13.8. The number of aryl methyl sites for hydroxylation is 1. The predicted molar refractivity (Wildman–Crippen MR) is 87.2 cm³/mol. The molecule has 0 aliphatic carbocycles. The first-order chi connectivity index (χ1) is 11.6. The summed E-state index contributed by atoms with van der Waals surface area (Å²) in [7, 11) is 1.35. The van der Waals surface area contributed by atoms with Crippen LogP contribution in [0.5, 0.6) is 0 Å². The zero-order chi connectivity index (χ0) is 17.1. The van der Waals surface area contributed by atoms with Crippen molar-refractivity contribution in [1.82, 2.24) is 10.2 Å². The highest BCUT2D eigenvalue weighted by atomic mass is 19.1. The van der Waals surface area contributed by atoms with E-state index in [0.29, 0.717) is 23.6 Å². The summed E-state index contributed by atoms with van der Waals surface area (Å²) in [5.41, 5.74) is 1.38. The normalized spacial score (nSPS) is 18.5. The van der Waals surface area contributed by atoms with Gasteiger partial charge in [0.2, 0.25) is 0 Å². The molecule has 0 spiro atoms. The third-order valence-electron chi connectivity index (χ3n) is 4.32. The van der Waals surface area contributed by atoms with Crippen LogP contribution in [0.25, 0.3) is 0 Å². The smallest absolute Gasteiger partial charge is 0.341 e. The summed E-state index contributed by atoms with van der Waals surface area (Å²) in [6, 6.07) is 8.46. The molecule has 6 heteroatoms. The molecule has 0 radical (unpaired) electrons. The number of furan rings is 1. The highest BCUT2D eigenvalue weighted by Crippen LogP contribution is 2.26. The Labute approximate surface area is 140 Å². The number of piperazine rings is 1. The second-order valence-electron chi connectivity index (χ2n) is 5.92. The maximum absolute atomic E-state index is 13.6. The van der Waals surface area contributed by atoms with Crippen LogP contribution >= 0.6 is 0 Å². The molecule has 1 saturated heterocycles. The Bertz CT molecular complexity index is 729. The summed E-state index contributed by atoms with van der Waals surface area (Å²) in [4.78, 5) is 13.9. The van der Waals surface area contributed by atoms with E-state index >= 15 is 0 Å². The van der Waals surface area contributed by atoms with Crippen LogP contribution < -0.4 is 5.32 Å². The summed E-state index contributed by atoms with van der Waals surface area (Å²) in [5, 5.41) is 3.34. The standard InChI is InChI=1S/C18H21FN2O3/c1-12-16(18(22)23-2)9-15(24-12)11-21-7-6-20-10-17(21)13-4-3-5-14(19)8-13/h3-5,8-9,17,20H,6-7,10-11H2,1-2H3. The number of carbonyl (C=O) groups is 1. The number of esters is 1. The highest BCUT2D eigenvalue weighted by Gasteiger charge is 2.26. The van der Waals surface area contributed by atoms with E-state index in [1.54, 1.807) is 25.1 Å². The third-order valence-corrected chi connectivity index (χ3v) is 4.32. The number of ether oxygens (including phenoxy) is 1. The molecule has 1 aliphatic rings. The van der Waals surface area contributed by atoms with Gasteiger partial charge < -0.3 is 14.5 Å². The van der Waals surface area contributed by atoms with E-state index in [0.717, 1.165) is 25.2 Å². The lowest BCUT2D eigenvalue weighted by Gasteiger charge is -2.36. The average molecular weight is 332 g/mol. The van der Waals surface area contributed by atoms with Crippen LogP contribution in [0.2, 0.25) is 0 Å². The van der Waals surface area contributed by atoms with Gasteiger partial charge in [-0.25, -0.2) is 9.18 Å². The molecule has 1 aliphatic heterocycles. The summed E-state index contributed by atoms with van der Waals surface area (Å²) >= 11 is 0. The van der Waals surface area contributed by atoms with Crippen LogP contribution in [0.4, 0.5) is 4.39 Å². The Morgan fingerprint density at radius 3 is 3.04 bits per heavy atom. The third kappa shape index (κ3) is 3.49. The molecule has 3 rings (SSSR count). The minimum atomic E-state index is -0.399. The van der Waals surface area contributed by atoms with Gasteiger partial charge in [-0.15, -0.1) is 0 Å². The van der Waals surface area contributed by atoms with Crippen LogP contribution in [0.1, 0.15) is 33.5 Å². The first kappa shape index (κ1) is 16.7. The second kappa shape index (κ2) is 7.15. The fourth-order valence-electron chi connectivity index (χ4n) is 3.11. The summed E-state index contributed by atoms with van der Waals surface area (Å²) < 4.78 is 24.0. The van der Waals surface area contributed by atoms with Gasteiger partial charge in [0.15, 0.2) is 0 Å². The molecule has 0 bridgehead atoms. The number of halogens is 1. The molecule has 1 fully saturated rings. The van der Waals surface area contributed by atoms with Gasteiger partial charge in [-0.3, -0.25) is 4.90 Å². The van der Waals surface area contributed by atoms with Gasteiger partial charge in [-0.1, -0.05) is 12.1 Å². The average Bonchev–Trinajstić information content (AvgIpc) is 2.95. The Morgan fingerprint density at radius 1 is 1.46 bits per heavy atom. The van der Waals surface area contributed by atoms with Crippen molar-refractivity contribution in [3.8, 4) is 0 Å². The molecule has 1 N–H and O–H groups in total. The summed E-state index contributed by atoms with van der Waals surface area (Å²) in [6.07, 6.45) is 0. The molecule has 0 saturated carbocycles. The number of hydrogen-bond donors (Lipinski definition) is 1. The van der Waals surface area contributed by atoms with Gasteiger partial charge >= 0.3 is 5.97 Å². The lowest BCUT2D eigenvalue weighted by atomic mass is 10.0. The predicted octanol–water partition coefficient (Wildman–Crippen LogP) is 2.66. The van der Waals surface area contributed by atoms with Gasteiger partial charge in [0.05, 0.1) is 13.7 Å². The van der Waals surface area contributed by atoms with Gasteiger partial charge in [0.25, 0.3) is 0 Å². The van der Waals surface area contributed by atoms with Crippen molar-refractivity contribution in [2.75, 3.05) is 26.7 Å². The van der Waals surface area contributed by atoms with E-state index in [-0.39, 0.29) is 11.9 Å². The molecule has 1 atom stereocenters. The quantitative estimate of drug-likeness (QED) is 0.873. The van der Waals surface area contributed by atoms with Crippen LogP contribution in [0.15, 0.2) is 34.7 Å². The van der Waals surface area contributed by atoms with Crippen LogP contribution in [-0.2, 0) is 11.3 Å². The number of hydrogen-bond acceptors (Lipinski definition) is 5. The summed E-state index contributed by atoms with van der Waals surface area (Å²) in [5.74, 6) is 0.620. The molecule has 1 unspecified atom stereocenters. The van der Waals surface area contributed by atoms with Crippen molar-refractivity contribution < 1.29 is 18.3 Å². The maximum Gasteiger partial charge on any atom is 0.341 e. The van der Waals surface area contributed by atoms with E-state index in [2.05, 4.69) is 10.2 Å². The number of carbonyl (C=O) groups excluding carboxylic acids is 1. The van der Waals surface area contributed by atoms with E-state index in [1.165, 1.54) is 13.2 Å². The largest absolute Gasteiger partial charge is 0.465 e. The first-order valence-corrected chi connectivity index (χ1v) is 7.96. The van der Waals surface area contributed by atoms with E-state index in [1.807, 2.05) is 6.07 Å². The molecule has 128 valence electrons. The maximum atomic E-state index is 13.6. The monoisotopic (exact) mass is 332 g/mol. The number of nitrogens with zero attached hydrogens (tertiary/aromatic N) is 1. The Kier molecular flexibility index (Phi) is 4.97. The van der Waals surface area contributed by atoms with Gasteiger partial charge in [-0.05, 0) is 30.7 Å². The molecule has 1 aromatic carbocycles. The van der Waals surface area contributed by atoms with Crippen LogP contribution in [0, 0.1) is 12.7 Å².